The lowest BCUT2D eigenvalue weighted by molar-refractivity contribution is -0.118. The SMILES string of the molecule is C[C@H]1CCC/C(=N\NC(=O)CSc2nc3ccccc3o2)C1. The molecule has 1 amide bonds. The molecule has 116 valence electrons. The quantitative estimate of drug-likeness (QED) is 0.691. The van der Waals surface area contributed by atoms with Crippen molar-refractivity contribution >= 4 is 34.5 Å². The molecule has 2 aromatic rings. The second-order valence-electron chi connectivity index (χ2n) is 5.65. The van der Waals surface area contributed by atoms with E-state index in [1.165, 1.54) is 18.2 Å². The van der Waals surface area contributed by atoms with Crippen LogP contribution in [0.1, 0.15) is 32.6 Å². The summed E-state index contributed by atoms with van der Waals surface area (Å²) >= 11 is 1.28. The fraction of sp³-hybridized carbons (Fsp3) is 0.438. The number of aromatic nitrogens is 1. The number of nitrogens with one attached hydrogen (secondary N) is 1. The van der Waals surface area contributed by atoms with Crippen molar-refractivity contribution in [3.63, 3.8) is 0 Å². The Morgan fingerprint density at radius 1 is 1.50 bits per heavy atom. The number of benzene rings is 1. The molecule has 1 aliphatic rings. The van der Waals surface area contributed by atoms with Crippen LogP contribution in [0.3, 0.4) is 0 Å². The number of thioether (sulfide) groups is 1. The highest BCUT2D eigenvalue weighted by Crippen LogP contribution is 2.23. The van der Waals surface area contributed by atoms with Gasteiger partial charge in [0, 0.05) is 5.71 Å². The molecule has 0 radical (unpaired) electrons. The lowest BCUT2D eigenvalue weighted by atomic mass is 9.89. The second-order valence-corrected chi connectivity index (χ2v) is 6.58. The van der Waals surface area contributed by atoms with E-state index in [0.29, 0.717) is 11.1 Å². The average Bonchev–Trinajstić information content (AvgIpc) is 2.94. The maximum absolute atomic E-state index is 11.8. The van der Waals surface area contributed by atoms with E-state index in [4.69, 9.17) is 4.42 Å². The Morgan fingerprint density at radius 2 is 2.36 bits per heavy atom. The summed E-state index contributed by atoms with van der Waals surface area (Å²) in [7, 11) is 0. The minimum absolute atomic E-state index is 0.127. The molecule has 3 rings (SSSR count). The number of hydrazone groups is 1. The second kappa shape index (κ2) is 6.96. The molecular formula is C16H19N3O2S. The molecular weight excluding hydrogens is 298 g/mol. The number of para-hydroxylation sites is 2. The highest BCUT2D eigenvalue weighted by molar-refractivity contribution is 7.99. The Labute approximate surface area is 133 Å². The van der Waals surface area contributed by atoms with Crippen molar-refractivity contribution in [3.8, 4) is 0 Å². The zero-order valence-corrected chi connectivity index (χ0v) is 13.4. The number of hydrogen-bond acceptors (Lipinski definition) is 5. The van der Waals surface area contributed by atoms with Crippen LogP contribution < -0.4 is 5.43 Å². The molecule has 1 atom stereocenters. The molecule has 1 aromatic heterocycles. The minimum atomic E-state index is -0.127. The molecule has 5 nitrogen and oxygen atoms in total. The van der Waals surface area contributed by atoms with Gasteiger partial charge in [-0.15, -0.1) is 0 Å². The van der Waals surface area contributed by atoms with Gasteiger partial charge in [0.25, 0.3) is 11.1 Å². The van der Waals surface area contributed by atoms with Gasteiger partial charge < -0.3 is 4.42 Å². The van der Waals surface area contributed by atoms with Crippen molar-refractivity contribution in [1.82, 2.24) is 10.4 Å². The van der Waals surface area contributed by atoms with Gasteiger partial charge in [-0.3, -0.25) is 4.79 Å². The zero-order valence-electron chi connectivity index (χ0n) is 12.5. The summed E-state index contributed by atoms with van der Waals surface area (Å²) in [6, 6.07) is 7.56. The monoisotopic (exact) mass is 317 g/mol. The van der Waals surface area contributed by atoms with E-state index >= 15 is 0 Å². The Hall–Kier alpha value is -1.82. The molecule has 6 heteroatoms. The number of fused-ring (bicyclic) bond motifs is 1. The molecule has 1 saturated carbocycles. The van der Waals surface area contributed by atoms with Gasteiger partial charge in [-0.2, -0.15) is 5.10 Å². The van der Waals surface area contributed by atoms with E-state index in [-0.39, 0.29) is 11.7 Å². The molecule has 22 heavy (non-hydrogen) atoms. The molecule has 1 heterocycles. The van der Waals surface area contributed by atoms with Gasteiger partial charge >= 0.3 is 0 Å². The van der Waals surface area contributed by atoms with Crippen LogP contribution in [0.4, 0.5) is 0 Å². The first-order valence-electron chi connectivity index (χ1n) is 7.53. The molecule has 0 saturated heterocycles. The lowest BCUT2D eigenvalue weighted by Crippen LogP contribution is -2.23. The summed E-state index contributed by atoms with van der Waals surface area (Å²) in [6.45, 7) is 2.22. The first-order chi connectivity index (χ1) is 10.7. The van der Waals surface area contributed by atoms with E-state index in [1.54, 1.807) is 0 Å². The zero-order chi connectivity index (χ0) is 15.4. The van der Waals surface area contributed by atoms with Crippen LogP contribution in [-0.2, 0) is 4.79 Å². The fourth-order valence-electron chi connectivity index (χ4n) is 2.58. The van der Waals surface area contributed by atoms with Crippen molar-refractivity contribution in [3.05, 3.63) is 24.3 Å². The third-order valence-corrected chi connectivity index (χ3v) is 4.51. The van der Waals surface area contributed by atoms with Crippen LogP contribution in [0, 0.1) is 5.92 Å². The van der Waals surface area contributed by atoms with E-state index in [2.05, 4.69) is 22.4 Å². The normalized spacial score (nSPS) is 20.4. The minimum Gasteiger partial charge on any atom is -0.431 e. The van der Waals surface area contributed by atoms with Gasteiger partial charge in [-0.25, -0.2) is 10.4 Å². The van der Waals surface area contributed by atoms with E-state index in [0.717, 1.165) is 36.1 Å². The highest BCUT2D eigenvalue weighted by Gasteiger charge is 2.14. The maximum Gasteiger partial charge on any atom is 0.257 e. The predicted molar refractivity (Wildman–Crippen MR) is 87.9 cm³/mol. The highest BCUT2D eigenvalue weighted by atomic mass is 32.2. The van der Waals surface area contributed by atoms with Crippen LogP contribution >= 0.6 is 11.8 Å². The van der Waals surface area contributed by atoms with Crippen LogP contribution in [-0.4, -0.2) is 22.4 Å². The first kappa shape index (κ1) is 15.1. The molecule has 0 unspecified atom stereocenters. The third kappa shape index (κ3) is 3.88. The molecule has 0 bridgehead atoms. The van der Waals surface area contributed by atoms with Crippen molar-refractivity contribution < 1.29 is 9.21 Å². The number of oxazole rings is 1. The molecule has 1 aliphatic carbocycles. The van der Waals surface area contributed by atoms with E-state index in [9.17, 15) is 4.79 Å². The summed E-state index contributed by atoms with van der Waals surface area (Å²) in [6.07, 6.45) is 4.38. The largest absolute Gasteiger partial charge is 0.431 e. The van der Waals surface area contributed by atoms with Crippen LogP contribution in [0.5, 0.6) is 0 Å². The van der Waals surface area contributed by atoms with Crippen LogP contribution in [0.15, 0.2) is 39.0 Å². The van der Waals surface area contributed by atoms with Crippen LogP contribution in [0.2, 0.25) is 0 Å². The smallest absolute Gasteiger partial charge is 0.257 e. The lowest BCUT2D eigenvalue weighted by Gasteiger charge is -2.18. The summed E-state index contributed by atoms with van der Waals surface area (Å²) in [5, 5.41) is 4.75. The maximum atomic E-state index is 11.8. The Morgan fingerprint density at radius 3 is 3.18 bits per heavy atom. The standard InChI is InChI=1S/C16H19N3O2S/c1-11-5-4-6-12(9-11)18-19-15(20)10-22-16-17-13-7-2-3-8-14(13)21-16/h2-3,7-8,11H,4-6,9-10H2,1H3,(H,19,20)/b18-12+/t11-/m0/s1. The predicted octanol–water partition coefficient (Wildman–Crippen LogP) is 3.60. The molecule has 1 N–H and O–H groups in total. The van der Waals surface area contributed by atoms with Gasteiger partial charge in [0.1, 0.15) is 5.52 Å². The van der Waals surface area contributed by atoms with E-state index in [1.807, 2.05) is 24.3 Å². The Kier molecular flexibility index (Phi) is 4.77. The fourth-order valence-corrected chi connectivity index (χ4v) is 3.21. The molecule has 1 fully saturated rings. The number of hydrogen-bond donors (Lipinski definition) is 1. The molecule has 0 aliphatic heterocycles. The van der Waals surface area contributed by atoms with Crippen molar-refractivity contribution in [2.45, 2.75) is 37.8 Å². The number of nitrogens with zero attached hydrogens (tertiary/aromatic N) is 2. The Balaban J connectivity index is 1.50. The number of carbonyl (C=O) groups excluding carboxylic acids is 1. The van der Waals surface area contributed by atoms with Crippen LogP contribution in [0.25, 0.3) is 11.1 Å². The van der Waals surface area contributed by atoms with Gasteiger partial charge in [0.2, 0.25) is 0 Å². The summed E-state index contributed by atoms with van der Waals surface area (Å²) in [4.78, 5) is 16.2. The number of amides is 1. The summed E-state index contributed by atoms with van der Waals surface area (Å²) in [5.41, 5.74) is 5.28. The summed E-state index contributed by atoms with van der Waals surface area (Å²) in [5.74, 6) is 0.788. The Bertz CT molecular complexity index is 663. The van der Waals surface area contributed by atoms with Crippen molar-refractivity contribution in [2.24, 2.45) is 11.0 Å². The number of rotatable bonds is 4. The summed E-state index contributed by atoms with van der Waals surface area (Å²) < 4.78 is 5.56. The van der Waals surface area contributed by atoms with Gasteiger partial charge in [-0.05, 0) is 43.7 Å². The van der Waals surface area contributed by atoms with Gasteiger partial charge in [-0.1, -0.05) is 30.8 Å². The molecule has 0 spiro atoms. The third-order valence-electron chi connectivity index (χ3n) is 3.69. The van der Waals surface area contributed by atoms with Gasteiger partial charge in [0.05, 0.1) is 5.75 Å². The molecule has 1 aromatic carbocycles. The number of carbonyl (C=O) groups is 1. The van der Waals surface area contributed by atoms with Gasteiger partial charge in [0.15, 0.2) is 5.58 Å². The van der Waals surface area contributed by atoms with Crippen molar-refractivity contribution in [2.75, 3.05) is 5.75 Å². The van der Waals surface area contributed by atoms with Crippen molar-refractivity contribution in [1.29, 1.82) is 0 Å². The first-order valence-corrected chi connectivity index (χ1v) is 8.52. The topological polar surface area (TPSA) is 67.5 Å². The average molecular weight is 317 g/mol. The van der Waals surface area contributed by atoms with E-state index < -0.39 is 0 Å².